The second-order valence-corrected chi connectivity index (χ2v) is 52.6. The lowest BCUT2D eigenvalue weighted by molar-refractivity contribution is 0.00332. The lowest BCUT2D eigenvalue weighted by Gasteiger charge is -2.19. The summed E-state index contributed by atoms with van der Waals surface area (Å²) in [7, 11) is -6.34. The summed E-state index contributed by atoms with van der Waals surface area (Å²) >= 11 is 21.6. The molecule has 580 valence electrons. The first kappa shape index (κ1) is 81.1. The van der Waals surface area contributed by atoms with Gasteiger partial charge in [0.25, 0.3) is 5.91 Å². The number of carbonyl (C=O) groups excluding carboxylic acids is 1. The number of rotatable bonds is 25. The molecule has 6 fully saturated rings. The molecule has 0 radical (unpaired) electrons. The minimum Gasteiger partial charge on any atom is -0.478 e. The predicted molar refractivity (Wildman–Crippen MR) is 417 cm³/mol. The van der Waals surface area contributed by atoms with Crippen LogP contribution in [0.4, 0.5) is 0 Å². The number of aliphatic hydroxyl groups is 3. The number of nitrogens with zero attached hydrogens (tertiary/aromatic N) is 10. The van der Waals surface area contributed by atoms with E-state index in [1.807, 2.05) is 4.57 Å². The van der Waals surface area contributed by atoms with Crippen LogP contribution >= 0.6 is 57.4 Å². The highest BCUT2D eigenvalue weighted by atomic mass is 127. The van der Waals surface area contributed by atoms with E-state index < -0.39 is 101 Å². The molecular formula is C70H90Cl3IN10O19SSi3. The first-order chi connectivity index (χ1) is 50.6. The van der Waals surface area contributed by atoms with E-state index in [4.69, 9.17) is 102 Å². The van der Waals surface area contributed by atoms with Crippen LogP contribution in [0.3, 0.4) is 0 Å². The van der Waals surface area contributed by atoms with Crippen molar-refractivity contribution in [1.82, 2.24) is 43.6 Å². The number of carbonyl (C=O) groups is 2. The fraction of sp³-hybridized carbons (Fsp3) is 0.543. The smallest absolute Gasteiger partial charge is 0.335 e. The molecule has 0 spiro atoms. The number of ether oxygens (including phenoxy) is 12. The molecule has 37 heteroatoms. The highest BCUT2D eigenvalue weighted by molar-refractivity contribution is 14.1. The molecule has 12 atom stereocenters. The number of aromatic nitrogens is 9. The van der Waals surface area contributed by atoms with Crippen LogP contribution in [-0.4, -0.2) is 250 Å². The number of hydrogen-bond donors (Lipinski definition) is 4. The average molecular weight is 1730 g/mol. The van der Waals surface area contributed by atoms with Crippen molar-refractivity contribution in [2.75, 3.05) is 72.0 Å². The van der Waals surface area contributed by atoms with Crippen LogP contribution in [0.1, 0.15) is 20.7 Å². The molecule has 6 aliphatic heterocycles. The van der Waals surface area contributed by atoms with Gasteiger partial charge in [0.05, 0.1) is 71.7 Å². The van der Waals surface area contributed by atoms with Crippen LogP contribution in [0.2, 0.25) is 92.1 Å². The number of imidazole rings is 3. The minimum atomic E-state index is -2.57. The number of aromatic carboxylic acids is 1. The minimum absolute atomic E-state index is 0.164. The highest BCUT2D eigenvalue weighted by Gasteiger charge is 2.51. The monoisotopic (exact) mass is 1720 g/mol. The van der Waals surface area contributed by atoms with Gasteiger partial charge in [-0.1, -0.05) is 118 Å². The van der Waals surface area contributed by atoms with Gasteiger partial charge < -0.3 is 77.3 Å². The number of amides is 1. The summed E-state index contributed by atoms with van der Waals surface area (Å²) in [6.07, 6.45) is -2.77. The molecular weight excluding hydrogens is 1630 g/mol. The van der Waals surface area contributed by atoms with Gasteiger partial charge in [0.2, 0.25) is 0 Å². The standard InChI is InChI=1S/C27H35ClN4O7SSi.C25H30ClN3O7Si.C18H25ClIN3O5Si/c1-40(2,35)31-26(34)17-8-6-16(7-9-17)22-18(28)12-19-25(30-22)32(15-36-10-11-41(3,4)5)27(29-19)39-21-14-38-23-20(33)13-37-24(21)23;1-37(2,3)9-8-33-13-29-23-17(27-25(29)36-19-12-35-21-18(30)11-34-22(19)21)10-16(26)20(28-23)14-4-6-15(7-5-14)24(31)32;1-29(2,3)5-4-25-9-23-17-11(6-10(19)16(20)22-17)21-18(23)28-13-8-27-14-12(24)7-26-15(13)14/h6-9,12,20-21,23-24,33H,10-11,13-15H2,1-5H3;4-7,10,18-19,21-22,30H,8-9,11-13H2,1-3H3,(H,31,32);6,12-15,24H,4-5,7-9H2,1-3H3/t20-,21-,23-,24-;18-,19-,21-,22-;12-,13-,14-,15-/m111/s1. The molecule has 1 amide bonds. The molecule has 6 aliphatic rings. The van der Waals surface area contributed by atoms with Gasteiger partial charge in [0.15, 0.2) is 35.3 Å². The average Bonchev–Trinajstić information content (AvgIpc) is 1.64. The Bertz CT molecular complexity index is 4650. The van der Waals surface area contributed by atoms with Crippen molar-refractivity contribution >= 4 is 137 Å². The number of fused-ring (bicyclic) bond motifs is 6. The zero-order valence-electron chi connectivity index (χ0n) is 61.2. The molecule has 107 heavy (non-hydrogen) atoms. The number of hydrogen-bond acceptors (Lipinski definition) is 24. The Hall–Kier alpha value is -5.44. The molecule has 6 aromatic heterocycles. The van der Waals surface area contributed by atoms with Gasteiger partial charge in [-0.15, -0.1) is 0 Å². The summed E-state index contributed by atoms with van der Waals surface area (Å²) in [5, 5.41) is 40.7. The van der Waals surface area contributed by atoms with E-state index in [0.29, 0.717) is 125 Å². The van der Waals surface area contributed by atoms with Crippen LogP contribution in [-0.2, 0) is 72.6 Å². The van der Waals surface area contributed by atoms with E-state index in [1.54, 1.807) is 63.7 Å². The molecule has 12 heterocycles. The van der Waals surface area contributed by atoms with Gasteiger partial charge in [-0.2, -0.15) is 19.3 Å². The van der Waals surface area contributed by atoms with Gasteiger partial charge in [0.1, 0.15) is 95.4 Å². The first-order valence-electron chi connectivity index (χ1n) is 35.1. The summed E-state index contributed by atoms with van der Waals surface area (Å²) in [5.41, 5.74) is 6.22. The largest absolute Gasteiger partial charge is 0.478 e. The van der Waals surface area contributed by atoms with Gasteiger partial charge in [0, 0.05) is 83.0 Å². The molecule has 0 unspecified atom stereocenters. The molecule has 0 saturated carbocycles. The van der Waals surface area contributed by atoms with Crippen molar-refractivity contribution in [1.29, 1.82) is 0 Å². The van der Waals surface area contributed by atoms with E-state index in [1.165, 1.54) is 24.6 Å². The maximum atomic E-state index is 12.4. The van der Waals surface area contributed by atoms with Gasteiger partial charge in [-0.05, 0) is 83.2 Å². The summed E-state index contributed by atoms with van der Waals surface area (Å²) in [6, 6.07) is 22.3. The predicted octanol–water partition coefficient (Wildman–Crippen LogP) is 10.4. The van der Waals surface area contributed by atoms with Crippen LogP contribution < -0.4 is 14.2 Å². The van der Waals surface area contributed by atoms with E-state index in [2.05, 4.69) is 106 Å². The Morgan fingerprint density at radius 1 is 0.495 bits per heavy atom. The molecule has 14 rings (SSSR count). The van der Waals surface area contributed by atoms with Crippen LogP contribution in [0, 0.1) is 3.70 Å². The van der Waals surface area contributed by atoms with Crippen molar-refractivity contribution < 1.29 is 91.1 Å². The second-order valence-electron chi connectivity index (χ2n) is 30.9. The molecule has 29 nitrogen and oxygen atoms in total. The number of carboxylic acid groups (broad SMARTS) is 1. The van der Waals surface area contributed by atoms with Gasteiger partial charge >= 0.3 is 24.0 Å². The quantitative estimate of drug-likeness (QED) is 0.0179. The zero-order chi connectivity index (χ0) is 76.6. The summed E-state index contributed by atoms with van der Waals surface area (Å²) in [4.78, 5) is 51.7. The van der Waals surface area contributed by atoms with E-state index in [0.717, 1.165) is 18.1 Å². The third-order valence-corrected chi connectivity index (χ3v) is 26.1. The number of pyridine rings is 3. The first-order valence-corrected chi connectivity index (χ1v) is 50.8. The number of aliphatic hydroxyl groups excluding tert-OH is 3. The van der Waals surface area contributed by atoms with Crippen molar-refractivity contribution in [3.8, 4) is 40.5 Å². The number of carboxylic acids is 1. The maximum Gasteiger partial charge on any atom is 0.335 e. The Kier molecular flexibility index (Phi) is 25.7. The van der Waals surface area contributed by atoms with Gasteiger partial charge in [-0.3, -0.25) is 18.5 Å². The molecule has 4 N–H and O–H groups in total. The molecule has 8 aromatic rings. The van der Waals surface area contributed by atoms with Crippen LogP contribution in [0.25, 0.3) is 56.0 Å². The van der Waals surface area contributed by atoms with E-state index in [9.17, 15) is 34.2 Å². The summed E-state index contributed by atoms with van der Waals surface area (Å²) < 4.78 is 92.6. The third kappa shape index (κ3) is 19.9. The fourth-order valence-corrected chi connectivity index (χ4v) is 16.3. The molecule has 2 aromatic carbocycles. The third-order valence-electron chi connectivity index (χ3n) is 18.4. The van der Waals surface area contributed by atoms with Crippen molar-refractivity contribution in [3.05, 3.63) is 96.6 Å². The highest BCUT2D eigenvalue weighted by Crippen LogP contribution is 2.39. The SMILES string of the molecule is C[Si](C)(C)CCOCn1c(O[C@@H]2CO[C@H]3[C@@H]2OC[C@H]3O)nc2cc(Cl)c(-c3ccc(C(=O)N=S(C)(C)=O)cc3)nc21.C[Si](C)(C)CCOCn1c(O[C@@H]2CO[C@H]3[C@@H]2OC[C@H]3O)nc2cc(Cl)c(-c3ccc(C(=O)O)cc3)nc21.C[Si](C)(C)CCOCn1c(O[C@@H]2CO[C@H]3[C@@H]2OC[C@H]3O)nc2cc(Cl)c(I)nc21. The Balaban J connectivity index is 0.000000152. The maximum absolute atomic E-state index is 12.4. The lowest BCUT2D eigenvalue weighted by atomic mass is 10.1. The van der Waals surface area contributed by atoms with Crippen molar-refractivity contribution in [2.24, 2.45) is 4.36 Å². The normalized spacial score (nSPS) is 24.1. The summed E-state index contributed by atoms with van der Waals surface area (Å²) in [5.74, 6) is -1.55. The zero-order valence-corrected chi connectivity index (χ0v) is 69.4. The molecule has 6 saturated heterocycles. The van der Waals surface area contributed by atoms with E-state index in [-0.39, 0.29) is 77.1 Å². The summed E-state index contributed by atoms with van der Waals surface area (Å²) in [6.45, 7) is 24.6. The molecule has 0 bridgehead atoms. The topological polar surface area (TPSA) is 347 Å². The Labute approximate surface area is 650 Å². The second kappa shape index (κ2) is 33.9. The Morgan fingerprint density at radius 2 is 0.813 bits per heavy atom. The fourth-order valence-electron chi connectivity index (χ4n) is 12.5. The Morgan fingerprint density at radius 3 is 1.14 bits per heavy atom. The van der Waals surface area contributed by atoms with E-state index >= 15 is 0 Å². The van der Waals surface area contributed by atoms with Gasteiger partial charge in [-0.25, -0.2) is 24.0 Å². The van der Waals surface area contributed by atoms with Crippen molar-refractivity contribution in [3.63, 3.8) is 0 Å². The lowest BCUT2D eigenvalue weighted by Crippen LogP contribution is -2.35. The van der Waals surface area contributed by atoms with Crippen LogP contribution in [0.15, 0.2) is 71.1 Å². The van der Waals surface area contributed by atoms with Crippen LogP contribution in [0.5, 0.6) is 18.0 Å². The number of benzene rings is 2. The van der Waals surface area contributed by atoms with Crippen molar-refractivity contribution in [2.45, 2.75) is 170 Å². The number of halogens is 4. The molecule has 0 aliphatic carbocycles.